The Hall–Kier alpha value is -3.51. The average molecular weight is 730 g/mol. The van der Waals surface area contributed by atoms with Crippen molar-refractivity contribution in [2.24, 2.45) is 0 Å². The lowest BCUT2D eigenvalue weighted by atomic mass is 10.0. The van der Waals surface area contributed by atoms with Gasteiger partial charge in [-0.15, -0.1) is 0 Å². The third-order valence-electron chi connectivity index (χ3n) is 9.85. The molecule has 0 heterocycles. The number of carbonyl (C=O) groups excluding carboxylic acids is 1. The summed E-state index contributed by atoms with van der Waals surface area (Å²) < 4.78 is 17.6. The number of phenols is 1. The third kappa shape index (κ3) is 23.0. The molecule has 0 spiro atoms. The number of nitrogens with one attached hydrogen (secondary N) is 1. The van der Waals surface area contributed by atoms with Gasteiger partial charge in [0.05, 0.1) is 0 Å². The molecule has 0 unspecified atom stereocenters. The number of unbranched alkanes of at least 4 members (excludes halogenated alkanes) is 22. The molecule has 53 heavy (non-hydrogen) atoms. The van der Waals surface area contributed by atoms with Crippen molar-refractivity contribution in [3.05, 3.63) is 72.8 Å². The Morgan fingerprint density at radius 2 is 0.774 bits per heavy atom. The zero-order chi connectivity index (χ0) is 37.4. The van der Waals surface area contributed by atoms with Crippen LogP contribution in [0.2, 0.25) is 0 Å². The van der Waals surface area contributed by atoms with E-state index in [1.807, 2.05) is 48.5 Å². The number of hydrogen-bond acceptors (Lipinski definition) is 5. The molecule has 0 saturated heterocycles. The molecule has 0 fully saturated rings. The summed E-state index contributed by atoms with van der Waals surface area (Å²) in [7, 11) is 0. The van der Waals surface area contributed by atoms with Crippen molar-refractivity contribution in [3.63, 3.8) is 0 Å². The zero-order valence-corrected chi connectivity index (χ0v) is 33.1. The molecule has 0 bridgehead atoms. The lowest BCUT2D eigenvalue weighted by Gasteiger charge is -2.10. The number of rotatable bonds is 33. The van der Waals surface area contributed by atoms with Crippen molar-refractivity contribution in [3.8, 4) is 28.7 Å². The fourth-order valence-corrected chi connectivity index (χ4v) is 6.60. The molecule has 6 nitrogen and oxygen atoms in total. The van der Waals surface area contributed by atoms with E-state index in [1.165, 1.54) is 141 Å². The predicted octanol–water partition coefficient (Wildman–Crippen LogP) is 14.7. The Balaban J connectivity index is 1.04. The van der Waals surface area contributed by atoms with Gasteiger partial charge >= 0.3 is 0 Å². The van der Waals surface area contributed by atoms with Gasteiger partial charge in [-0.25, -0.2) is 0 Å². The van der Waals surface area contributed by atoms with Crippen LogP contribution in [0.3, 0.4) is 0 Å². The number of aromatic hydroxyl groups is 1. The van der Waals surface area contributed by atoms with Crippen molar-refractivity contribution in [2.75, 3.05) is 18.5 Å². The van der Waals surface area contributed by atoms with E-state index < -0.39 is 0 Å². The molecule has 0 saturated carbocycles. The van der Waals surface area contributed by atoms with Crippen LogP contribution in [0.4, 0.5) is 5.69 Å². The second-order valence-electron chi connectivity index (χ2n) is 14.7. The van der Waals surface area contributed by atoms with Crippen LogP contribution < -0.4 is 14.8 Å². The van der Waals surface area contributed by atoms with Crippen molar-refractivity contribution in [1.29, 1.82) is 0 Å². The summed E-state index contributed by atoms with van der Waals surface area (Å²) in [5.74, 6) is 2.95. The molecule has 3 rings (SSSR count). The first-order chi connectivity index (χ1) is 26.1. The van der Waals surface area contributed by atoms with Gasteiger partial charge in [-0.05, 0) is 92.1 Å². The molecule has 0 aliphatic rings. The monoisotopic (exact) mass is 730 g/mol. The van der Waals surface area contributed by atoms with Crippen LogP contribution in [0.1, 0.15) is 167 Å². The highest BCUT2D eigenvalue weighted by molar-refractivity contribution is 5.90. The number of anilines is 1. The fraction of sp³-hybridized carbons (Fsp3) is 0.596. The second kappa shape index (κ2) is 29.9. The van der Waals surface area contributed by atoms with Gasteiger partial charge in [-0.3, -0.25) is 4.79 Å². The van der Waals surface area contributed by atoms with Crippen LogP contribution in [-0.2, 0) is 9.53 Å². The Labute approximate surface area is 322 Å². The van der Waals surface area contributed by atoms with E-state index in [-0.39, 0.29) is 11.7 Å². The zero-order valence-electron chi connectivity index (χ0n) is 33.1. The van der Waals surface area contributed by atoms with Crippen LogP contribution in [0.5, 0.6) is 28.7 Å². The molecule has 0 aliphatic carbocycles. The van der Waals surface area contributed by atoms with E-state index in [1.54, 1.807) is 24.3 Å². The highest BCUT2D eigenvalue weighted by Gasteiger charge is 2.05. The van der Waals surface area contributed by atoms with Crippen LogP contribution in [0.25, 0.3) is 0 Å². The summed E-state index contributed by atoms with van der Waals surface area (Å²) in [4.78, 5) is 12.4. The first kappa shape index (κ1) is 43.9. The summed E-state index contributed by atoms with van der Waals surface area (Å²) in [6.45, 7) is 4.14. The number of amides is 1. The summed E-state index contributed by atoms with van der Waals surface area (Å²) >= 11 is 0. The Morgan fingerprint density at radius 1 is 0.453 bits per heavy atom. The van der Waals surface area contributed by atoms with E-state index in [0.717, 1.165) is 31.7 Å². The van der Waals surface area contributed by atoms with E-state index in [0.29, 0.717) is 29.4 Å². The molecule has 0 radical (unpaired) electrons. The molecule has 3 aromatic carbocycles. The van der Waals surface area contributed by atoms with Gasteiger partial charge in [-0.2, -0.15) is 0 Å². The normalized spacial score (nSPS) is 11.1. The molecule has 3 aromatic rings. The van der Waals surface area contributed by atoms with E-state index in [9.17, 15) is 9.90 Å². The summed E-state index contributed by atoms with van der Waals surface area (Å²) in [5.41, 5.74) is 0.772. The molecule has 0 atom stereocenters. The SMILES string of the molecule is CCCCCCCCCCCCCCCCCCOCCCCCCCCCCC(=O)Nc1ccc(Oc2ccc(Oc3ccc(O)cc3)cc2)cc1. The van der Waals surface area contributed by atoms with Gasteiger partial charge in [0.2, 0.25) is 5.91 Å². The summed E-state index contributed by atoms with van der Waals surface area (Å²) in [6, 6.07) is 21.4. The lowest BCUT2D eigenvalue weighted by molar-refractivity contribution is -0.116. The Kier molecular flexibility index (Phi) is 24.8. The second-order valence-corrected chi connectivity index (χ2v) is 14.7. The summed E-state index contributed by atoms with van der Waals surface area (Å²) in [6.07, 6.45) is 32.5. The predicted molar refractivity (Wildman–Crippen MR) is 222 cm³/mol. The smallest absolute Gasteiger partial charge is 0.224 e. The summed E-state index contributed by atoms with van der Waals surface area (Å²) in [5, 5.41) is 12.4. The largest absolute Gasteiger partial charge is 0.508 e. The molecule has 2 N–H and O–H groups in total. The minimum atomic E-state index is 0.0578. The Morgan fingerprint density at radius 3 is 1.17 bits per heavy atom. The maximum Gasteiger partial charge on any atom is 0.224 e. The maximum absolute atomic E-state index is 12.4. The van der Waals surface area contributed by atoms with Gasteiger partial charge in [0.25, 0.3) is 0 Å². The molecular weight excluding hydrogens is 659 g/mol. The standard InChI is InChI=1S/C47H71NO5/c1-2-3-4-5-6-7-8-9-10-11-12-13-15-18-21-24-39-51-40-25-22-19-16-14-17-20-23-26-47(50)48-41-27-31-43(32-28-41)52-45-35-37-46(38-36-45)53-44-33-29-42(49)30-34-44/h27-38,49H,2-26,39-40H2,1H3,(H,48,50). The van der Waals surface area contributed by atoms with Crippen LogP contribution in [0.15, 0.2) is 72.8 Å². The first-order valence-corrected chi connectivity index (χ1v) is 21.3. The van der Waals surface area contributed by atoms with E-state index >= 15 is 0 Å². The molecule has 0 aliphatic heterocycles. The van der Waals surface area contributed by atoms with Gasteiger partial charge in [0.1, 0.15) is 28.7 Å². The van der Waals surface area contributed by atoms with E-state index in [2.05, 4.69) is 12.2 Å². The molecule has 0 aromatic heterocycles. The Bertz CT molecular complexity index is 1290. The molecule has 6 heteroatoms. The number of carbonyl (C=O) groups is 1. The third-order valence-corrected chi connectivity index (χ3v) is 9.85. The van der Waals surface area contributed by atoms with Crippen molar-refractivity contribution < 1.29 is 24.1 Å². The fourth-order valence-electron chi connectivity index (χ4n) is 6.60. The van der Waals surface area contributed by atoms with Crippen molar-refractivity contribution in [1.82, 2.24) is 0 Å². The number of phenolic OH excluding ortho intramolecular Hbond substituents is 1. The van der Waals surface area contributed by atoms with E-state index in [4.69, 9.17) is 14.2 Å². The minimum absolute atomic E-state index is 0.0578. The van der Waals surface area contributed by atoms with Gasteiger partial charge in [0, 0.05) is 25.3 Å². The number of ether oxygens (including phenoxy) is 3. The number of benzene rings is 3. The quantitative estimate of drug-likeness (QED) is 0.0610. The van der Waals surface area contributed by atoms with Crippen molar-refractivity contribution >= 4 is 11.6 Å². The maximum atomic E-state index is 12.4. The highest BCUT2D eigenvalue weighted by atomic mass is 16.5. The van der Waals surface area contributed by atoms with Crippen LogP contribution in [-0.4, -0.2) is 24.2 Å². The molecule has 1 amide bonds. The van der Waals surface area contributed by atoms with Crippen LogP contribution >= 0.6 is 0 Å². The number of hydrogen-bond donors (Lipinski definition) is 2. The molecular formula is C47H71NO5. The highest BCUT2D eigenvalue weighted by Crippen LogP contribution is 2.28. The first-order valence-electron chi connectivity index (χ1n) is 21.3. The van der Waals surface area contributed by atoms with Gasteiger partial charge in [0.15, 0.2) is 0 Å². The average Bonchev–Trinajstić information content (AvgIpc) is 3.17. The molecule has 294 valence electrons. The van der Waals surface area contributed by atoms with Gasteiger partial charge < -0.3 is 24.6 Å². The minimum Gasteiger partial charge on any atom is -0.508 e. The van der Waals surface area contributed by atoms with Crippen molar-refractivity contribution in [2.45, 2.75) is 167 Å². The lowest BCUT2D eigenvalue weighted by Crippen LogP contribution is -2.10. The van der Waals surface area contributed by atoms with Gasteiger partial charge in [-0.1, -0.05) is 142 Å². The van der Waals surface area contributed by atoms with Crippen LogP contribution in [0, 0.1) is 0 Å². The topological polar surface area (TPSA) is 77.0 Å².